The number of alkyl halides is 3. The summed E-state index contributed by atoms with van der Waals surface area (Å²) in [5, 5.41) is 2.55. The van der Waals surface area contributed by atoms with E-state index >= 15 is 0 Å². The molecule has 1 aromatic carbocycles. The third kappa shape index (κ3) is 3.22. The average Bonchev–Trinajstić information content (AvgIpc) is 2.16. The van der Waals surface area contributed by atoms with E-state index in [1.54, 1.807) is 0 Å². The average molecular weight is 243 g/mol. The Balaban J connectivity index is 1.81. The van der Waals surface area contributed by atoms with Crippen LogP contribution in [0.4, 0.5) is 13.2 Å². The number of rotatable bonds is 3. The molecule has 1 aromatic rings. The summed E-state index contributed by atoms with van der Waals surface area (Å²) in [7, 11) is 0. The van der Waals surface area contributed by atoms with Crippen LogP contribution in [0.2, 0.25) is 0 Å². The van der Waals surface area contributed by atoms with E-state index in [2.05, 4.69) is 11.4 Å². The van der Waals surface area contributed by atoms with Crippen molar-refractivity contribution in [1.82, 2.24) is 5.32 Å². The summed E-state index contributed by atoms with van der Waals surface area (Å²) in [4.78, 5) is 0. The van der Waals surface area contributed by atoms with Crippen LogP contribution in [-0.4, -0.2) is 18.8 Å². The topological polar surface area (TPSA) is 12.0 Å². The largest absolute Gasteiger partial charge is 0.401 e. The van der Waals surface area contributed by atoms with Gasteiger partial charge in [0.1, 0.15) is 0 Å². The molecule has 2 rings (SSSR count). The molecule has 1 aliphatic carbocycles. The lowest BCUT2D eigenvalue weighted by molar-refractivity contribution is -0.127. The van der Waals surface area contributed by atoms with Gasteiger partial charge in [0.2, 0.25) is 0 Å². The molecule has 0 aliphatic heterocycles. The first kappa shape index (κ1) is 12.4. The molecule has 0 aromatic heterocycles. The highest BCUT2D eigenvalue weighted by Crippen LogP contribution is 2.38. The second kappa shape index (κ2) is 4.69. The summed E-state index contributed by atoms with van der Waals surface area (Å²) in [5.74, 6) is 0.418. The minimum atomic E-state index is -4.10. The maximum Gasteiger partial charge on any atom is 0.401 e. The normalized spacial score (nSPS) is 24.5. The van der Waals surface area contributed by atoms with Crippen molar-refractivity contribution in [3.05, 3.63) is 35.4 Å². The van der Waals surface area contributed by atoms with E-state index in [9.17, 15) is 13.2 Å². The maximum absolute atomic E-state index is 12.0. The molecule has 1 aliphatic rings. The standard InChI is InChI=1S/C13H16F3N/c1-9-4-2-3-5-12(9)10-6-11(7-10)17-8-13(14,15)16/h2-5,10-11,17H,6-8H2,1H3. The van der Waals surface area contributed by atoms with Gasteiger partial charge in [0.05, 0.1) is 6.54 Å². The fraction of sp³-hybridized carbons (Fsp3) is 0.538. The van der Waals surface area contributed by atoms with Gasteiger partial charge in [0.25, 0.3) is 0 Å². The van der Waals surface area contributed by atoms with Crippen LogP contribution in [0, 0.1) is 6.92 Å². The Kier molecular flexibility index (Phi) is 3.43. The third-order valence-corrected chi connectivity index (χ3v) is 3.36. The van der Waals surface area contributed by atoms with Crippen molar-refractivity contribution in [3.63, 3.8) is 0 Å². The Labute approximate surface area is 99.0 Å². The van der Waals surface area contributed by atoms with E-state index in [0.717, 1.165) is 12.8 Å². The molecule has 0 spiro atoms. The summed E-state index contributed by atoms with van der Waals surface area (Å²) >= 11 is 0. The molecule has 17 heavy (non-hydrogen) atoms. The number of halogens is 3. The molecule has 94 valence electrons. The van der Waals surface area contributed by atoms with Crippen molar-refractivity contribution >= 4 is 0 Å². The van der Waals surface area contributed by atoms with Crippen molar-refractivity contribution in [2.24, 2.45) is 0 Å². The van der Waals surface area contributed by atoms with Gasteiger partial charge in [-0.1, -0.05) is 24.3 Å². The molecule has 1 N–H and O–H groups in total. The van der Waals surface area contributed by atoms with Gasteiger partial charge in [-0.05, 0) is 36.8 Å². The van der Waals surface area contributed by atoms with Crippen LogP contribution in [0.25, 0.3) is 0 Å². The SMILES string of the molecule is Cc1ccccc1C1CC(NCC(F)(F)F)C1. The predicted octanol–water partition coefficient (Wildman–Crippen LogP) is 3.39. The molecule has 1 fully saturated rings. The van der Waals surface area contributed by atoms with Crippen LogP contribution in [0.5, 0.6) is 0 Å². The Morgan fingerprint density at radius 3 is 2.47 bits per heavy atom. The maximum atomic E-state index is 12.0. The van der Waals surface area contributed by atoms with Gasteiger partial charge in [0.15, 0.2) is 0 Å². The summed E-state index contributed by atoms with van der Waals surface area (Å²) in [6.07, 6.45) is -2.49. The number of nitrogens with one attached hydrogen (secondary N) is 1. The van der Waals surface area contributed by atoms with Crippen molar-refractivity contribution in [2.45, 2.75) is 37.9 Å². The van der Waals surface area contributed by atoms with E-state index in [1.165, 1.54) is 11.1 Å². The highest BCUT2D eigenvalue weighted by Gasteiger charge is 2.34. The van der Waals surface area contributed by atoms with Gasteiger partial charge >= 0.3 is 6.18 Å². The van der Waals surface area contributed by atoms with Gasteiger partial charge in [0, 0.05) is 6.04 Å². The molecule has 0 unspecified atom stereocenters. The van der Waals surface area contributed by atoms with E-state index < -0.39 is 12.7 Å². The van der Waals surface area contributed by atoms with Crippen LogP contribution in [0.3, 0.4) is 0 Å². The molecule has 0 heterocycles. The molecule has 0 amide bonds. The molecule has 0 bridgehead atoms. The van der Waals surface area contributed by atoms with Crippen LogP contribution in [-0.2, 0) is 0 Å². The Bertz CT molecular complexity index is 380. The first-order chi connectivity index (χ1) is 7.96. The lowest BCUT2D eigenvalue weighted by Crippen LogP contribution is -2.44. The quantitative estimate of drug-likeness (QED) is 0.858. The lowest BCUT2D eigenvalue weighted by atomic mass is 9.74. The van der Waals surface area contributed by atoms with Crippen LogP contribution in [0.15, 0.2) is 24.3 Å². The number of hydrogen-bond donors (Lipinski definition) is 1. The molecule has 1 nitrogen and oxygen atoms in total. The van der Waals surface area contributed by atoms with Crippen molar-refractivity contribution < 1.29 is 13.2 Å². The summed E-state index contributed by atoms with van der Waals surface area (Å²) in [6.45, 7) is 1.17. The number of aryl methyl sites for hydroxylation is 1. The van der Waals surface area contributed by atoms with Gasteiger partial charge < -0.3 is 5.32 Å². The molecule has 4 heteroatoms. The fourth-order valence-corrected chi connectivity index (χ4v) is 2.34. The van der Waals surface area contributed by atoms with Crippen LogP contribution < -0.4 is 5.32 Å². The molecular weight excluding hydrogens is 227 g/mol. The van der Waals surface area contributed by atoms with E-state index in [-0.39, 0.29) is 6.04 Å². The Morgan fingerprint density at radius 2 is 1.88 bits per heavy atom. The zero-order valence-corrected chi connectivity index (χ0v) is 9.72. The van der Waals surface area contributed by atoms with E-state index in [4.69, 9.17) is 0 Å². The van der Waals surface area contributed by atoms with Crippen molar-refractivity contribution in [1.29, 1.82) is 0 Å². The molecule has 1 saturated carbocycles. The first-order valence-electron chi connectivity index (χ1n) is 5.81. The second-order valence-corrected chi connectivity index (χ2v) is 4.72. The molecule has 0 atom stereocenters. The second-order valence-electron chi connectivity index (χ2n) is 4.72. The van der Waals surface area contributed by atoms with Gasteiger partial charge in [-0.15, -0.1) is 0 Å². The third-order valence-electron chi connectivity index (χ3n) is 3.36. The zero-order chi connectivity index (χ0) is 12.5. The predicted molar refractivity (Wildman–Crippen MR) is 61.0 cm³/mol. The number of benzene rings is 1. The van der Waals surface area contributed by atoms with Crippen LogP contribution in [0.1, 0.15) is 29.9 Å². The highest BCUT2D eigenvalue weighted by molar-refractivity contribution is 5.31. The minimum Gasteiger partial charge on any atom is -0.306 e. The summed E-state index contributed by atoms with van der Waals surface area (Å²) < 4.78 is 36.0. The lowest BCUT2D eigenvalue weighted by Gasteiger charge is -2.37. The zero-order valence-electron chi connectivity index (χ0n) is 9.72. The monoisotopic (exact) mass is 243 g/mol. The van der Waals surface area contributed by atoms with E-state index in [0.29, 0.717) is 5.92 Å². The van der Waals surface area contributed by atoms with Crippen LogP contribution >= 0.6 is 0 Å². The smallest absolute Gasteiger partial charge is 0.306 e. The minimum absolute atomic E-state index is 0.0150. The van der Waals surface area contributed by atoms with Gasteiger partial charge in [-0.2, -0.15) is 13.2 Å². The molecule has 0 saturated heterocycles. The summed E-state index contributed by atoms with van der Waals surface area (Å²) in [5.41, 5.74) is 2.50. The van der Waals surface area contributed by atoms with Crippen molar-refractivity contribution in [3.8, 4) is 0 Å². The van der Waals surface area contributed by atoms with Crippen molar-refractivity contribution in [2.75, 3.05) is 6.54 Å². The molecule has 0 radical (unpaired) electrons. The number of hydrogen-bond acceptors (Lipinski definition) is 1. The fourth-order valence-electron chi connectivity index (χ4n) is 2.34. The van der Waals surface area contributed by atoms with E-state index in [1.807, 2.05) is 25.1 Å². The Morgan fingerprint density at radius 1 is 1.24 bits per heavy atom. The molecular formula is C13H16F3N. The van der Waals surface area contributed by atoms with Gasteiger partial charge in [-0.25, -0.2) is 0 Å². The first-order valence-corrected chi connectivity index (χ1v) is 5.81. The summed E-state index contributed by atoms with van der Waals surface area (Å²) in [6, 6.07) is 8.10. The Hall–Kier alpha value is -1.03. The highest BCUT2D eigenvalue weighted by atomic mass is 19.4. The van der Waals surface area contributed by atoms with Gasteiger partial charge in [-0.3, -0.25) is 0 Å².